The number of imidazole rings is 1. The maximum absolute atomic E-state index is 5.92. The van der Waals surface area contributed by atoms with E-state index in [0.717, 1.165) is 17.0 Å². The number of benzene rings is 1. The predicted molar refractivity (Wildman–Crippen MR) is 96.7 cm³/mol. The Morgan fingerprint density at radius 2 is 2.00 bits per heavy atom. The Labute approximate surface area is 155 Å². The summed E-state index contributed by atoms with van der Waals surface area (Å²) in [6.07, 6.45) is 6.47. The number of rotatable bonds is 6. The Morgan fingerprint density at radius 1 is 1.24 bits per heavy atom. The molecule has 1 N–H and O–H groups in total. The summed E-state index contributed by atoms with van der Waals surface area (Å²) in [7, 11) is 1.96. The summed E-state index contributed by atoms with van der Waals surface area (Å²) >= 11 is 11.4. The Balaban J connectivity index is 1.50. The zero-order chi connectivity index (χ0) is 17.4. The number of nitrogens with one attached hydrogen (secondary N) is 1. The molecular formula is C17H19ClN5OS+. The van der Waals surface area contributed by atoms with E-state index >= 15 is 0 Å². The van der Waals surface area contributed by atoms with E-state index in [1.54, 1.807) is 0 Å². The normalized spacial score (nSPS) is 15.4. The molecule has 1 aliphatic carbocycles. The van der Waals surface area contributed by atoms with Gasteiger partial charge in [0, 0.05) is 42.9 Å². The molecular weight excluding hydrogens is 358 g/mol. The molecule has 2 aromatic heterocycles. The van der Waals surface area contributed by atoms with E-state index in [2.05, 4.69) is 14.8 Å². The van der Waals surface area contributed by atoms with Gasteiger partial charge in [-0.3, -0.25) is 4.57 Å². The highest BCUT2D eigenvalue weighted by Crippen LogP contribution is 2.20. The zero-order valence-electron chi connectivity index (χ0n) is 13.9. The van der Waals surface area contributed by atoms with Gasteiger partial charge in [-0.05, 0) is 36.5 Å². The fraction of sp³-hybridized carbons (Fsp3) is 0.353. The van der Waals surface area contributed by atoms with Crippen molar-refractivity contribution in [3.63, 3.8) is 0 Å². The van der Waals surface area contributed by atoms with Gasteiger partial charge in [-0.15, -0.1) is 10.2 Å². The Bertz CT molecular complexity index is 925. The lowest BCUT2D eigenvalue weighted by molar-refractivity contribution is -0.948. The number of aryl methyl sites for hydroxylation is 1. The molecule has 8 heteroatoms. The molecule has 0 amide bonds. The van der Waals surface area contributed by atoms with Crippen LogP contribution in [0, 0.1) is 4.77 Å². The first kappa shape index (κ1) is 16.5. The largest absolute Gasteiger partial charge is 0.415 e. The van der Waals surface area contributed by atoms with Crippen LogP contribution in [0.3, 0.4) is 0 Å². The molecule has 2 heterocycles. The van der Waals surface area contributed by atoms with Crippen LogP contribution in [-0.4, -0.2) is 25.4 Å². The fourth-order valence-corrected chi connectivity index (χ4v) is 3.21. The number of halogens is 1. The van der Waals surface area contributed by atoms with Crippen molar-refractivity contribution < 1.29 is 9.32 Å². The number of hydrogen-bond acceptors (Lipinski definition) is 4. The molecule has 4 rings (SSSR count). The molecule has 25 heavy (non-hydrogen) atoms. The summed E-state index contributed by atoms with van der Waals surface area (Å²) in [5.74, 6) is 1.17. The van der Waals surface area contributed by atoms with Gasteiger partial charge >= 0.3 is 0 Å². The van der Waals surface area contributed by atoms with E-state index in [1.807, 2.05) is 48.3 Å². The van der Waals surface area contributed by atoms with Crippen LogP contribution in [0.5, 0.6) is 0 Å². The van der Waals surface area contributed by atoms with E-state index in [-0.39, 0.29) is 0 Å². The van der Waals surface area contributed by atoms with Gasteiger partial charge in [0.05, 0.1) is 6.04 Å². The van der Waals surface area contributed by atoms with Crippen LogP contribution in [0.25, 0.3) is 11.5 Å². The van der Waals surface area contributed by atoms with Gasteiger partial charge < -0.3 is 13.9 Å². The fourth-order valence-electron chi connectivity index (χ4n) is 2.90. The molecule has 0 saturated heterocycles. The molecule has 6 nitrogen and oxygen atoms in total. The molecule has 0 bridgehead atoms. The minimum Gasteiger partial charge on any atom is -0.415 e. The molecule has 1 saturated carbocycles. The van der Waals surface area contributed by atoms with E-state index in [1.165, 1.54) is 17.7 Å². The van der Waals surface area contributed by atoms with Crippen LogP contribution in [0.1, 0.15) is 18.7 Å². The predicted octanol–water partition coefficient (Wildman–Crippen LogP) is 2.46. The van der Waals surface area contributed by atoms with Crippen molar-refractivity contribution in [3.05, 3.63) is 52.3 Å². The van der Waals surface area contributed by atoms with E-state index in [0.29, 0.717) is 29.4 Å². The SMILES string of the molecule is Cn1ccn(C[NH+](Cc2nnc(-c3ccc(Cl)cc3)o2)C2CC2)c1=S. The summed E-state index contributed by atoms with van der Waals surface area (Å²) in [5.41, 5.74) is 0.876. The van der Waals surface area contributed by atoms with Crippen LogP contribution in [0.4, 0.5) is 0 Å². The summed E-state index contributed by atoms with van der Waals surface area (Å²) in [5, 5.41) is 9.08. The van der Waals surface area contributed by atoms with Crippen LogP contribution in [0.15, 0.2) is 41.1 Å². The smallest absolute Gasteiger partial charge is 0.271 e. The number of quaternary nitrogens is 1. The third-order valence-electron chi connectivity index (χ3n) is 4.48. The third kappa shape index (κ3) is 3.68. The minimum absolute atomic E-state index is 0.526. The Hall–Kier alpha value is -1.96. The van der Waals surface area contributed by atoms with Gasteiger partial charge in [0.15, 0.2) is 18.0 Å². The number of aromatic nitrogens is 4. The highest BCUT2D eigenvalue weighted by Gasteiger charge is 2.34. The lowest BCUT2D eigenvalue weighted by Gasteiger charge is -2.17. The molecule has 1 aromatic carbocycles. The number of hydrogen-bond donors (Lipinski definition) is 1. The molecule has 0 radical (unpaired) electrons. The molecule has 0 spiro atoms. The molecule has 0 aliphatic heterocycles. The number of nitrogens with zero attached hydrogens (tertiary/aromatic N) is 4. The average Bonchev–Trinajstić information content (AvgIpc) is 3.28. The van der Waals surface area contributed by atoms with E-state index in [9.17, 15) is 0 Å². The van der Waals surface area contributed by atoms with Crippen molar-refractivity contribution >= 4 is 23.8 Å². The van der Waals surface area contributed by atoms with Crippen molar-refractivity contribution in [2.24, 2.45) is 7.05 Å². The monoisotopic (exact) mass is 376 g/mol. The molecule has 130 valence electrons. The maximum atomic E-state index is 5.92. The molecule has 3 aromatic rings. The van der Waals surface area contributed by atoms with Gasteiger partial charge in [-0.25, -0.2) is 0 Å². The van der Waals surface area contributed by atoms with Crippen molar-refractivity contribution in [1.82, 2.24) is 19.3 Å². The van der Waals surface area contributed by atoms with Gasteiger partial charge in [0.1, 0.15) is 0 Å². The molecule has 1 fully saturated rings. The standard InChI is InChI=1S/C17H18ClN5OS/c1-21-8-9-22(17(21)25)11-23(14-6-7-14)10-15-19-20-16(24-15)12-2-4-13(18)5-3-12/h2-5,8-9,14H,6-7,10-11H2,1H3/p+1. The van der Waals surface area contributed by atoms with Gasteiger partial charge in [0.2, 0.25) is 5.89 Å². The topological polar surface area (TPSA) is 53.2 Å². The Kier molecular flexibility index (Phi) is 4.45. The van der Waals surface area contributed by atoms with Gasteiger partial charge in [-0.2, -0.15) is 0 Å². The van der Waals surface area contributed by atoms with Crippen LogP contribution < -0.4 is 4.90 Å². The summed E-state index contributed by atoms with van der Waals surface area (Å²) in [4.78, 5) is 1.40. The summed E-state index contributed by atoms with van der Waals surface area (Å²) in [6, 6.07) is 8.04. The average molecular weight is 377 g/mol. The molecule has 1 atom stereocenters. The quantitative estimate of drug-likeness (QED) is 0.671. The van der Waals surface area contributed by atoms with Crippen molar-refractivity contribution in [2.75, 3.05) is 0 Å². The second-order valence-corrected chi connectivity index (χ2v) is 7.24. The molecule has 1 aliphatic rings. The molecule has 1 unspecified atom stereocenters. The highest BCUT2D eigenvalue weighted by atomic mass is 35.5. The van der Waals surface area contributed by atoms with Crippen molar-refractivity contribution in [3.8, 4) is 11.5 Å². The Morgan fingerprint density at radius 3 is 2.64 bits per heavy atom. The first-order valence-electron chi connectivity index (χ1n) is 8.25. The highest BCUT2D eigenvalue weighted by molar-refractivity contribution is 7.71. The first-order chi connectivity index (χ1) is 12.1. The van der Waals surface area contributed by atoms with Crippen LogP contribution in [-0.2, 0) is 20.3 Å². The first-order valence-corrected chi connectivity index (χ1v) is 9.03. The minimum atomic E-state index is 0.526. The van der Waals surface area contributed by atoms with Crippen molar-refractivity contribution in [2.45, 2.75) is 32.1 Å². The van der Waals surface area contributed by atoms with Crippen molar-refractivity contribution in [1.29, 1.82) is 0 Å². The maximum Gasteiger partial charge on any atom is 0.271 e. The summed E-state index contributed by atoms with van der Waals surface area (Å²) in [6.45, 7) is 1.50. The zero-order valence-corrected chi connectivity index (χ0v) is 15.4. The lowest BCUT2D eigenvalue weighted by Crippen LogP contribution is -3.11. The second-order valence-electron chi connectivity index (χ2n) is 6.44. The second kappa shape index (κ2) is 6.74. The van der Waals surface area contributed by atoms with Gasteiger partial charge in [-0.1, -0.05) is 11.6 Å². The summed E-state index contributed by atoms with van der Waals surface area (Å²) < 4.78 is 10.7. The third-order valence-corrected chi connectivity index (χ3v) is 5.26. The lowest BCUT2D eigenvalue weighted by atomic mass is 10.2. The van der Waals surface area contributed by atoms with Gasteiger partial charge in [0.25, 0.3) is 5.89 Å². The van der Waals surface area contributed by atoms with Crippen LogP contribution >= 0.6 is 23.8 Å². The van der Waals surface area contributed by atoms with E-state index in [4.69, 9.17) is 28.2 Å². The van der Waals surface area contributed by atoms with E-state index < -0.39 is 0 Å². The van der Waals surface area contributed by atoms with Crippen LogP contribution in [0.2, 0.25) is 5.02 Å².